The molecule has 7 heteroatoms. The quantitative estimate of drug-likeness (QED) is 0.713. The molecule has 0 saturated carbocycles. The summed E-state index contributed by atoms with van der Waals surface area (Å²) in [6.45, 7) is 3.27. The summed E-state index contributed by atoms with van der Waals surface area (Å²) in [4.78, 5) is 43.9. The van der Waals surface area contributed by atoms with Crippen LogP contribution in [0, 0.1) is 13.8 Å². The molecule has 0 fully saturated rings. The van der Waals surface area contributed by atoms with Crippen molar-refractivity contribution in [3.8, 4) is 0 Å². The zero-order valence-electron chi connectivity index (χ0n) is 15.2. The van der Waals surface area contributed by atoms with Gasteiger partial charge in [-0.1, -0.05) is 18.2 Å². The molecule has 0 aliphatic carbocycles. The lowest BCUT2D eigenvalue weighted by Gasteiger charge is -2.18. The first-order valence-corrected chi connectivity index (χ1v) is 8.20. The normalized spacial score (nSPS) is 10.9. The predicted octanol–water partition coefficient (Wildman–Crippen LogP) is 1.38. The van der Waals surface area contributed by atoms with E-state index >= 15 is 0 Å². The van der Waals surface area contributed by atoms with Crippen LogP contribution in [0.5, 0.6) is 0 Å². The molecule has 1 aromatic carbocycles. The fraction of sp³-hybridized carbons (Fsp3) is 0.263. The number of hydrogen-bond acceptors (Lipinski definition) is 4. The van der Waals surface area contributed by atoms with Crippen molar-refractivity contribution in [1.29, 1.82) is 0 Å². The highest BCUT2D eigenvalue weighted by Crippen LogP contribution is 2.13. The van der Waals surface area contributed by atoms with Crippen molar-refractivity contribution in [2.75, 3.05) is 11.9 Å². The second kappa shape index (κ2) is 6.59. The van der Waals surface area contributed by atoms with E-state index in [0.29, 0.717) is 16.7 Å². The van der Waals surface area contributed by atoms with Gasteiger partial charge in [0.05, 0.1) is 5.39 Å². The minimum Gasteiger partial charge on any atom is -0.314 e. The third-order valence-electron chi connectivity index (χ3n) is 4.43. The summed E-state index contributed by atoms with van der Waals surface area (Å²) in [6.07, 6.45) is 0. The molecule has 0 spiro atoms. The largest absolute Gasteiger partial charge is 0.332 e. The van der Waals surface area contributed by atoms with Gasteiger partial charge >= 0.3 is 5.69 Å². The van der Waals surface area contributed by atoms with Crippen molar-refractivity contribution < 1.29 is 4.79 Å². The van der Waals surface area contributed by atoms with Gasteiger partial charge < -0.3 is 4.90 Å². The zero-order valence-corrected chi connectivity index (χ0v) is 15.2. The topological polar surface area (TPSA) is 77.2 Å². The molecular formula is C19H20N4O3. The molecule has 0 aliphatic rings. The highest BCUT2D eigenvalue weighted by Gasteiger charge is 2.19. The first-order valence-electron chi connectivity index (χ1n) is 8.20. The second-order valence-corrected chi connectivity index (χ2v) is 6.30. The first-order chi connectivity index (χ1) is 12.3. The number of rotatable bonds is 3. The number of carbonyl (C=O) groups is 1. The molecule has 0 N–H and O–H groups in total. The fourth-order valence-electron chi connectivity index (χ4n) is 2.99. The van der Waals surface area contributed by atoms with Crippen LogP contribution in [0.4, 0.5) is 5.69 Å². The Balaban J connectivity index is 2.10. The van der Waals surface area contributed by atoms with Crippen LogP contribution in [-0.2, 0) is 18.4 Å². The summed E-state index contributed by atoms with van der Waals surface area (Å²) in [7, 11) is 3.17. The Kier molecular flexibility index (Phi) is 4.46. The van der Waals surface area contributed by atoms with Gasteiger partial charge in [-0.3, -0.25) is 18.7 Å². The number of hydrogen-bond donors (Lipinski definition) is 0. The predicted molar refractivity (Wildman–Crippen MR) is 101 cm³/mol. The molecule has 0 saturated heterocycles. The number of benzene rings is 1. The molecule has 2 aromatic heterocycles. The van der Waals surface area contributed by atoms with Crippen molar-refractivity contribution >= 4 is 22.6 Å². The Bertz CT molecular complexity index is 1110. The summed E-state index contributed by atoms with van der Waals surface area (Å²) in [6, 6.07) is 10.8. The Hall–Kier alpha value is -3.22. The fourth-order valence-corrected chi connectivity index (χ4v) is 2.99. The number of para-hydroxylation sites is 1. The van der Waals surface area contributed by atoms with E-state index in [-0.39, 0.29) is 12.5 Å². The third kappa shape index (κ3) is 2.92. The molecular weight excluding hydrogens is 332 g/mol. The molecule has 0 unspecified atom stereocenters. The van der Waals surface area contributed by atoms with Gasteiger partial charge in [0, 0.05) is 25.5 Å². The number of likely N-dealkylation sites (N-methyl/N-ethyl adjacent to an activating group) is 1. The maximum atomic E-state index is 12.9. The Morgan fingerprint density at radius 3 is 2.46 bits per heavy atom. The van der Waals surface area contributed by atoms with Crippen LogP contribution in [-0.4, -0.2) is 27.1 Å². The van der Waals surface area contributed by atoms with E-state index in [2.05, 4.69) is 4.98 Å². The SMILES string of the molecule is Cc1cc(C)c2c(=O)n(CC(=O)N(C)c3ccccc3)c(=O)n(C)c2n1. The lowest BCUT2D eigenvalue weighted by molar-refractivity contribution is -0.119. The van der Waals surface area contributed by atoms with Crippen molar-refractivity contribution in [3.05, 3.63) is 68.5 Å². The molecule has 7 nitrogen and oxygen atoms in total. The summed E-state index contributed by atoms with van der Waals surface area (Å²) in [5, 5.41) is 0.355. The highest BCUT2D eigenvalue weighted by atomic mass is 16.2. The Morgan fingerprint density at radius 2 is 1.81 bits per heavy atom. The number of aromatic nitrogens is 3. The van der Waals surface area contributed by atoms with Gasteiger partial charge in [0.15, 0.2) is 0 Å². The van der Waals surface area contributed by atoms with E-state index in [1.165, 1.54) is 9.47 Å². The highest BCUT2D eigenvalue weighted by molar-refractivity contribution is 5.92. The molecule has 0 bridgehead atoms. The van der Waals surface area contributed by atoms with E-state index < -0.39 is 11.2 Å². The van der Waals surface area contributed by atoms with Crippen LogP contribution in [0.15, 0.2) is 46.0 Å². The molecule has 0 aliphatic heterocycles. The van der Waals surface area contributed by atoms with E-state index in [4.69, 9.17) is 0 Å². The molecule has 26 heavy (non-hydrogen) atoms. The number of amides is 1. The van der Waals surface area contributed by atoms with Gasteiger partial charge in [0.1, 0.15) is 12.2 Å². The van der Waals surface area contributed by atoms with E-state index in [1.54, 1.807) is 46.1 Å². The van der Waals surface area contributed by atoms with Gasteiger partial charge in [-0.15, -0.1) is 0 Å². The third-order valence-corrected chi connectivity index (χ3v) is 4.43. The van der Waals surface area contributed by atoms with Crippen molar-refractivity contribution in [1.82, 2.24) is 14.1 Å². The zero-order chi connectivity index (χ0) is 19.0. The molecule has 3 rings (SSSR count). The summed E-state index contributed by atoms with van der Waals surface area (Å²) >= 11 is 0. The van der Waals surface area contributed by atoms with Gasteiger partial charge in [0.25, 0.3) is 5.56 Å². The van der Waals surface area contributed by atoms with Crippen LogP contribution in [0.2, 0.25) is 0 Å². The van der Waals surface area contributed by atoms with Crippen LogP contribution in [0.25, 0.3) is 11.0 Å². The minimum atomic E-state index is -0.560. The Morgan fingerprint density at radius 1 is 1.15 bits per heavy atom. The second-order valence-electron chi connectivity index (χ2n) is 6.30. The number of anilines is 1. The standard InChI is InChI=1S/C19H20N4O3/c1-12-10-13(2)20-17-16(12)18(25)23(19(26)22(17)4)11-15(24)21(3)14-8-6-5-7-9-14/h5-10H,11H2,1-4H3. The molecule has 2 heterocycles. The number of pyridine rings is 1. The van der Waals surface area contributed by atoms with E-state index in [1.807, 2.05) is 18.2 Å². The van der Waals surface area contributed by atoms with E-state index in [0.717, 1.165) is 15.8 Å². The minimum absolute atomic E-state index is 0.331. The van der Waals surface area contributed by atoms with Crippen LogP contribution in [0.1, 0.15) is 11.3 Å². The molecule has 1 amide bonds. The smallest absolute Gasteiger partial charge is 0.314 e. The summed E-state index contributed by atoms with van der Waals surface area (Å²) in [5.41, 5.74) is 1.42. The van der Waals surface area contributed by atoms with Gasteiger partial charge in [-0.05, 0) is 37.6 Å². The summed E-state index contributed by atoms with van der Waals surface area (Å²) in [5.74, 6) is -0.354. The number of carbonyl (C=O) groups excluding carboxylic acids is 1. The van der Waals surface area contributed by atoms with Gasteiger partial charge in [-0.25, -0.2) is 9.78 Å². The molecule has 134 valence electrons. The molecule has 3 aromatic rings. The van der Waals surface area contributed by atoms with E-state index in [9.17, 15) is 14.4 Å². The number of fused-ring (bicyclic) bond motifs is 1. The van der Waals surface area contributed by atoms with Gasteiger partial charge in [0.2, 0.25) is 5.91 Å². The summed E-state index contributed by atoms with van der Waals surface area (Å²) < 4.78 is 2.28. The monoisotopic (exact) mass is 352 g/mol. The van der Waals surface area contributed by atoms with Crippen molar-refractivity contribution in [2.24, 2.45) is 7.05 Å². The first kappa shape index (κ1) is 17.6. The number of nitrogens with zero attached hydrogens (tertiary/aromatic N) is 4. The average molecular weight is 352 g/mol. The van der Waals surface area contributed by atoms with Crippen LogP contribution in [0.3, 0.4) is 0 Å². The van der Waals surface area contributed by atoms with Crippen LogP contribution >= 0.6 is 0 Å². The molecule has 0 radical (unpaired) electrons. The van der Waals surface area contributed by atoms with Crippen molar-refractivity contribution in [2.45, 2.75) is 20.4 Å². The lowest BCUT2D eigenvalue weighted by atomic mass is 10.2. The maximum absolute atomic E-state index is 12.9. The van der Waals surface area contributed by atoms with Crippen LogP contribution < -0.4 is 16.1 Å². The van der Waals surface area contributed by atoms with Gasteiger partial charge in [-0.2, -0.15) is 0 Å². The maximum Gasteiger partial charge on any atom is 0.332 e. The average Bonchev–Trinajstić information content (AvgIpc) is 2.62. The Labute approximate surface area is 150 Å². The number of aryl methyl sites for hydroxylation is 3. The lowest BCUT2D eigenvalue weighted by Crippen LogP contribution is -2.44. The molecule has 0 atom stereocenters. The van der Waals surface area contributed by atoms with Crippen molar-refractivity contribution in [3.63, 3.8) is 0 Å².